The van der Waals surface area contributed by atoms with E-state index in [9.17, 15) is 18.0 Å². The number of imide groups is 1. The molecule has 0 spiro atoms. The Labute approximate surface area is 94.4 Å². The van der Waals surface area contributed by atoms with Gasteiger partial charge in [0.15, 0.2) is 0 Å². The summed E-state index contributed by atoms with van der Waals surface area (Å²) in [4.78, 5) is 22.4. The van der Waals surface area contributed by atoms with Crippen LogP contribution in [-0.4, -0.2) is 43.7 Å². The van der Waals surface area contributed by atoms with Crippen molar-refractivity contribution in [3.05, 3.63) is 0 Å². The van der Waals surface area contributed by atoms with Gasteiger partial charge in [-0.2, -0.15) is 12.7 Å². The van der Waals surface area contributed by atoms with E-state index in [2.05, 4.69) is 10.0 Å². The van der Waals surface area contributed by atoms with Gasteiger partial charge in [-0.3, -0.25) is 14.9 Å². The number of carbonyl (C=O) groups excluding carboxylic acids is 2. The normalized spacial score (nSPS) is 23.2. The average molecular weight is 249 g/mol. The first-order valence-corrected chi connectivity index (χ1v) is 6.42. The number of hydrogen-bond donors (Lipinski definition) is 2. The summed E-state index contributed by atoms with van der Waals surface area (Å²) in [5.41, 5.74) is 0. The van der Waals surface area contributed by atoms with Crippen molar-refractivity contribution in [3.63, 3.8) is 0 Å². The summed E-state index contributed by atoms with van der Waals surface area (Å²) in [6, 6.07) is -0.868. The number of rotatable bonds is 4. The summed E-state index contributed by atoms with van der Waals surface area (Å²) in [6.07, 6.45) is 0.640. The van der Waals surface area contributed by atoms with Gasteiger partial charge in [0, 0.05) is 6.54 Å². The van der Waals surface area contributed by atoms with Crippen molar-refractivity contribution >= 4 is 22.0 Å². The van der Waals surface area contributed by atoms with Crippen LogP contribution in [0.2, 0.25) is 0 Å². The van der Waals surface area contributed by atoms with E-state index in [0.717, 1.165) is 4.31 Å². The molecule has 92 valence electrons. The van der Waals surface area contributed by atoms with Crippen LogP contribution in [-0.2, 0) is 19.8 Å². The second-order valence-electron chi connectivity index (χ2n) is 3.53. The quantitative estimate of drug-likeness (QED) is 0.598. The Morgan fingerprint density at radius 3 is 2.69 bits per heavy atom. The lowest BCUT2D eigenvalue weighted by atomic mass is 10.2. The molecule has 8 heteroatoms. The first kappa shape index (κ1) is 13.1. The van der Waals surface area contributed by atoms with E-state index in [1.165, 1.54) is 6.92 Å². The van der Waals surface area contributed by atoms with Gasteiger partial charge in [-0.05, 0) is 13.3 Å². The van der Waals surface area contributed by atoms with Crippen LogP contribution >= 0.6 is 0 Å². The molecule has 0 radical (unpaired) electrons. The summed E-state index contributed by atoms with van der Waals surface area (Å²) in [7, 11) is -3.76. The zero-order valence-corrected chi connectivity index (χ0v) is 10.0. The standard InChI is InChI=1S/C8H15N3O4S/c1-3-4-9-16(14,15)11-5-7(12)10-8(13)6(11)2/h6,9H,3-5H2,1-2H3,(H,10,12,13). The number of amides is 2. The monoisotopic (exact) mass is 249 g/mol. The van der Waals surface area contributed by atoms with E-state index >= 15 is 0 Å². The molecule has 0 aromatic rings. The minimum Gasteiger partial charge on any atom is -0.294 e. The van der Waals surface area contributed by atoms with Crippen LogP contribution in [0.4, 0.5) is 0 Å². The molecule has 1 atom stereocenters. The maximum atomic E-state index is 11.7. The molecule has 0 aromatic carbocycles. The van der Waals surface area contributed by atoms with E-state index in [1.807, 2.05) is 6.92 Å². The minimum atomic E-state index is -3.76. The fourth-order valence-corrected chi connectivity index (χ4v) is 2.72. The van der Waals surface area contributed by atoms with Crippen molar-refractivity contribution in [2.45, 2.75) is 26.3 Å². The Morgan fingerprint density at radius 2 is 2.12 bits per heavy atom. The maximum absolute atomic E-state index is 11.7. The van der Waals surface area contributed by atoms with E-state index < -0.39 is 28.1 Å². The highest BCUT2D eigenvalue weighted by atomic mass is 32.2. The molecular formula is C8H15N3O4S. The molecule has 0 aromatic heterocycles. The molecule has 0 bridgehead atoms. The minimum absolute atomic E-state index is 0.279. The summed E-state index contributed by atoms with van der Waals surface area (Å²) in [6.45, 7) is 3.21. The lowest BCUT2D eigenvalue weighted by Crippen LogP contribution is -2.60. The molecule has 1 aliphatic rings. The van der Waals surface area contributed by atoms with Gasteiger partial charge in [-0.15, -0.1) is 0 Å². The van der Waals surface area contributed by atoms with E-state index in [4.69, 9.17) is 0 Å². The number of hydrogen-bond acceptors (Lipinski definition) is 4. The predicted molar refractivity (Wildman–Crippen MR) is 56.5 cm³/mol. The Morgan fingerprint density at radius 1 is 1.50 bits per heavy atom. The van der Waals surface area contributed by atoms with Crippen molar-refractivity contribution in [1.82, 2.24) is 14.3 Å². The van der Waals surface area contributed by atoms with Gasteiger partial charge < -0.3 is 0 Å². The molecule has 1 saturated heterocycles. The Hall–Kier alpha value is -0.990. The van der Waals surface area contributed by atoms with Gasteiger partial charge in [-0.25, -0.2) is 4.72 Å². The van der Waals surface area contributed by atoms with Crippen molar-refractivity contribution in [2.75, 3.05) is 13.1 Å². The van der Waals surface area contributed by atoms with Gasteiger partial charge in [0.05, 0.1) is 6.54 Å². The molecule has 0 saturated carbocycles. The molecule has 7 nitrogen and oxygen atoms in total. The summed E-state index contributed by atoms with van der Waals surface area (Å²) in [5.74, 6) is -1.21. The van der Waals surface area contributed by atoms with Crippen LogP contribution in [0, 0.1) is 0 Å². The van der Waals surface area contributed by atoms with Gasteiger partial charge in [0.25, 0.3) is 10.2 Å². The first-order chi connectivity index (χ1) is 7.38. The topological polar surface area (TPSA) is 95.6 Å². The van der Waals surface area contributed by atoms with Crippen LogP contribution in [0.25, 0.3) is 0 Å². The van der Waals surface area contributed by atoms with Crippen molar-refractivity contribution in [3.8, 4) is 0 Å². The Kier molecular flexibility index (Phi) is 4.00. The molecule has 1 rings (SSSR count). The van der Waals surface area contributed by atoms with Crippen LogP contribution in [0.1, 0.15) is 20.3 Å². The highest BCUT2D eigenvalue weighted by Crippen LogP contribution is 2.09. The molecular weight excluding hydrogens is 234 g/mol. The third-order valence-corrected chi connectivity index (χ3v) is 3.85. The van der Waals surface area contributed by atoms with Gasteiger partial charge in [0.1, 0.15) is 6.04 Å². The predicted octanol–water partition coefficient (Wildman–Crippen LogP) is -1.42. The van der Waals surface area contributed by atoms with Crippen LogP contribution in [0.5, 0.6) is 0 Å². The van der Waals surface area contributed by atoms with Crippen molar-refractivity contribution in [1.29, 1.82) is 0 Å². The molecule has 1 fully saturated rings. The molecule has 1 heterocycles. The van der Waals surface area contributed by atoms with Gasteiger partial charge in [0.2, 0.25) is 11.8 Å². The number of nitrogens with one attached hydrogen (secondary N) is 2. The second-order valence-corrected chi connectivity index (χ2v) is 5.24. The highest BCUT2D eigenvalue weighted by molar-refractivity contribution is 7.87. The molecule has 16 heavy (non-hydrogen) atoms. The van der Waals surface area contributed by atoms with Crippen LogP contribution in [0.15, 0.2) is 0 Å². The first-order valence-electron chi connectivity index (χ1n) is 4.98. The molecule has 0 aliphatic carbocycles. The van der Waals surface area contributed by atoms with Gasteiger partial charge in [-0.1, -0.05) is 6.92 Å². The zero-order chi connectivity index (χ0) is 12.3. The molecule has 2 N–H and O–H groups in total. The Bertz CT molecular complexity index is 392. The second kappa shape index (κ2) is 4.89. The van der Waals surface area contributed by atoms with Crippen molar-refractivity contribution < 1.29 is 18.0 Å². The van der Waals surface area contributed by atoms with Crippen LogP contribution in [0.3, 0.4) is 0 Å². The lowest BCUT2D eigenvalue weighted by molar-refractivity contribution is -0.136. The van der Waals surface area contributed by atoms with Crippen LogP contribution < -0.4 is 10.0 Å². The fourth-order valence-electron chi connectivity index (χ4n) is 1.30. The highest BCUT2D eigenvalue weighted by Gasteiger charge is 2.37. The largest absolute Gasteiger partial charge is 0.294 e. The lowest BCUT2D eigenvalue weighted by Gasteiger charge is -2.30. The fraction of sp³-hybridized carbons (Fsp3) is 0.750. The SMILES string of the molecule is CCCNS(=O)(=O)N1CC(=O)NC(=O)C1C. The smallest absolute Gasteiger partial charge is 0.280 e. The van der Waals surface area contributed by atoms with Crippen molar-refractivity contribution in [2.24, 2.45) is 0 Å². The Balaban J connectivity index is 2.85. The number of nitrogens with zero attached hydrogens (tertiary/aromatic N) is 1. The number of carbonyl (C=O) groups is 2. The maximum Gasteiger partial charge on any atom is 0.280 e. The summed E-state index contributed by atoms with van der Waals surface area (Å²) < 4.78 is 26.6. The third-order valence-electron chi connectivity index (χ3n) is 2.22. The average Bonchev–Trinajstić information content (AvgIpc) is 2.20. The number of piperazine rings is 1. The molecule has 1 unspecified atom stereocenters. The van der Waals surface area contributed by atoms with E-state index in [1.54, 1.807) is 0 Å². The summed E-state index contributed by atoms with van der Waals surface area (Å²) in [5, 5.41) is 2.08. The van der Waals surface area contributed by atoms with E-state index in [-0.39, 0.29) is 13.1 Å². The summed E-state index contributed by atoms with van der Waals surface area (Å²) >= 11 is 0. The van der Waals surface area contributed by atoms with Gasteiger partial charge >= 0.3 is 0 Å². The molecule has 1 aliphatic heterocycles. The van der Waals surface area contributed by atoms with E-state index in [0.29, 0.717) is 6.42 Å². The third kappa shape index (κ3) is 2.77. The molecule has 2 amide bonds. The zero-order valence-electron chi connectivity index (χ0n) is 9.19.